The smallest absolute Gasteiger partial charge is 0.244 e. The zero-order chi connectivity index (χ0) is 17.3. The number of carbonyl (C=O) groups excluding carboxylic acids is 1. The number of rotatable bonds is 7. The fraction of sp³-hybridized carbons (Fsp3) is 0.286. The van der Waals surface area contributed by atoms with Gasteiger partial charge in [0.15, 0.2) is 0 Å². The second kappa shape index (κ2) is 9.04. The van der Waals surface area contributed by atoms with Gasteiger partial charge in [0.2, 0.25) is 5.91 Å². The molecule has 130 valence electrons. The summed E-state index contributed by atoms with van der Waals surface area (Å²) in [5.74, 6) is 0.712. The summed E-state index contributed by atoms with van der Waals surface area (Å²) in [7, 11) is 0. The van der Waals surface area contributed by atoms with Crippen LogP contribution < -0.4 is 10.1 Å². The minimum absolute atomic E-state index is 0.0973. The highest BCUT2D eigenvalue weighted by Crippen LogP contribution is 2.15. The number of benzene rings is 2. The van der Waals surface area contributed by atoms with Crippen molar-refractivity contribution in [2.24, 2.45) is 0 Å². The van der Waals surface area contributed by atoms with Crippen LogP contribution >= 0.6 is 0 Å². The van der Waals surface area contributed by atoms with Crippen molar-refractivity contribution in [2.75, 3.05) is 13.2 Å². The standard InChI is InChI=1S/C21H23NO3/c23-21(22-15-20-7-4-14-24-20)13-10-17-8-11-19(12-9-17)25-16-18-5-2-1-3-6-18/h1-3,5-6,8-13,20H,4,7,14-16H2,(H,22,23). The van der Waals surface area contributed by atoms with Crippen LogP contribution in [-0.4, -0.2) is 25.2 Å². The first-order chi connectivity index (χ1) is 12.3. The van der Waals surface area contributed by atoms with Gasteiger partial charge in [-0.05, 0) is 42.2 Å². The van der Waals surface area contributed by atoms with E-state index in [1.807, 2.05) is 54.6 Å². The van der Waals surface area contributed by atoms with E-state index in [2.05, 4.69) is 5.32 Å². The van der Waals surface area contributed by atoms with Crippen molar-refractivity contribution in [1.29, 1.82) is 0 Å². The second-order valence-corrected chi connectivity index (χ2v) is 6.06. The van der Waals surface area contributed by atoms with E-state index in [1.165, 1.54) is 0 Å². The van der Waals surface area contributed by atoms with Crippen molar-refractivity contribution < 1.29 is 14.3 Å². The summed E-state index contributed by atoms with van der Waals surface area (Å²) >= 11 is 0. The van der Waals surface area contributed by atoms with Crippen molar-refractivity contribution in [1.82, 2.24) is 5.32 Å². The van der Waals surface area contributed by atoms with Gasteiger partial charge >= 0.3 is 0 Å². The number of nitrogens with one attached hydrogen (secondary N) is 1. The number of carbonyl (C=O) groups is 1. The van der Waals surface area contributed by atoms with Crippen LogP contribution in [0.1, 0.15) is 24.0 Å². The van der Waals surface area contributed by atoms with Crippen molar-refractivity contribution in [2.45, 2.75) is 25.6 Å². The Morgan fingerprint density at radius 1 is 1.16 bits per heavy atom. The van der Waals surface area contributed by atoms with E-state index >= 15 is 0 Å². The van der Waals surface area contributed by atoms with Crippen molar-refractivity contribution in [3.8, 4) is 5.75 Å². The molecule has 0 aliphatic carbocycles. The van der Waals surface area contributed by atoms with Gasteiger partial charge in [-0.15, -0.1) is 0 Å². The monoisotopic (exact) mass is 337 g/mol. The third kappa shape index (κ3) is 5.76. The summed E-state index contributed by atoms with van der Waals surface area (Å²) in [4.78, 5) is 11.8. The van der Waals surface area contributed by atoms with Crippen molar-refractivity contribution in [3.05, 3.63) is 71.8 Å². The molecule has 0 bridgehead atoms. The summed E-state index contributed by atoms with van der Waals surface area (Å²) in [5, 5.41) is 2.87. The maximum Gasteiger partial charge on any atom is 0.244 e. The first kappa shape index (κ1) is 17.2. The zero-order valence-corrected chi connectivity index (χ0v) is 14.2. The average Bonchev–Trinajstić information content (AvgIpc) is 3.18. The summed E-state index contributed by atoms with van der Waals surface area (Å²) in [5.41, 5.74) is 2.09. The molecule has 0 aromatic heterocycles. The van der Waals surface area contributed by atoms with Crippen LogP contribution in [0.5, 0.6) is 5.75 Å². The van der Waals surface area contributed by atoms with Gasteiger partial charge in [0.05, 0.1) is 6.10 Å². The topological polar surface area (TPSA) is 47.6 Å². The molecule has 25 heavy (non-hydrogen) atoms. The fourth-order valence-corrected chi connectivity index (χ4v) is 2.67. The number of amides is 1. The highest BCUT2D eigenvalue weighted by Gasteiger charge is 2.15. The van der Waals surface area contributed by atoms with Crippen LogP contribution in [0.3, 0.4) is 0 Å². The zero-order valence-electron chi connectivity index (χ0n) is 14.2. The number of hydrogen-bond acceptors (Lipinski definition) is 3. The molecule has 1 amide bonds. The lowest BCUT2D eigenvalue weighted by atomic mass is 10.2. The molecule has 4 heteroatoms. The van der Waals surface area contributed by atoms with E-state index in [0.29, 0.717) is 13.2 Å². The predicted octanol–water partition coefficient (Wildman–Crippen LogP) is 3.57. The van der Waals surface area contributed by atoms with E-state index in [9.17, 15) is 4.79 Å². The molecule has 1 saturated heterocycles. The Morgan fingerprint density at radius 3 is 2.68 bits per heavy atom. The summed E-state index contributed by atoms with van der Waals surface area (Å²) < 4.78 is 11.2. The van der Waals surface area contributed by atoms with Crippen LogP contribution in [0.2, 0.25) is 0 Å². The molecular formula is C21H23NO3. The van der Waals surface area contributed by atoms with Crippen LogP contribution in [0.25, 0.3) is 6.08 Å². The molecule has 0 spiro atoms. The Bertz CT molecular complexity index is 689. The molecule has 0 radical (unpaired) electrons. The van der Waals surface area contributed by atoms with Crippen LogP contribution in [0, 0.1) is 0 Å². The number of ether oxygens (including phenoxy) is 2. The molecule has 1 atom stereocenters. The molecule has 1 N–H and O–H groups in total. The molecular weight excluding hydrogens is 314 g/mol. The van der Waals surface area contributed by atoms with Gasteiger partial charge in [-0.25, -0.2) is 0 Å². The molecule has 1 aliphatic heterocycles. The highest BCUT2D eigenvalue weighted by molar-refractivity contribution is 5.91. The Balaban J connectivity index is 1.44. The first-order valence-corrected chi connectivity index (χ1v) is 8.64. The lowest BCUT2D eigenvalue weighted by Gasteiger charge is -2.09. The van der Waals surface area contributed by atoms with Crippen LogP contribution in [0.4, 0.5) is 0 Å². The normalized spacial score (nSPS) is 16.9. The lowest BCUT2D eigenvalue weighted by molar-refractivity contribution is -0.116. The Kier molecular flexibility index (Phi) is 6.23. The van der Waals surface area contributed by atoms with E-state index < -0.39 is 0 Å². The molecule has 3 rings (SSSR count). The van der Waals surface area contributed by atoms with Crippen molar-refractivity contribution >= 4 is 12.0 Å². The van der Waals surface area contributed by atoms with E-state index in [1.54, 1.807) is 12.2 Å². The largest absolute Gasteiger partial charge is 0.489 e. The van der Waals surface area contributed by atoms with Crippen molar-refractivity contribution in [3.63, 3.8) is 0 Å². The SMILES string of the molecule is O=C(C=Cc1ccc(OCc2ccccc2)cc1)NCC1CCCO1. The Labute approximate surface area is 148 Å². The van der Waals surface area contributed by atoms with Gasteiger partial charge < -0.3 is 14.8 Å². The molecule has 1 aliphatic rings. The maximum atomic E-state index is 11.8. The minimum Gasteiger partial charge on any atom is -0.489 e. The number of hydrogen-bond donors (Lipinski definition) is 1. The third-order valence-corrected chi connectivity index (χ3v) is 4.08. The summed E-state index contributed by atoms with van der Waals surface area (Å²) in [6.45, 7) is 1.92. The Hall–Kier alpha value is -2.59. The molecule has 1 fully saturated rings. The molecule has 0 saturated carbocycles. The third-order valence-electron chi connectivity index (χ3n) is 4.08. The van der Waals surface area contributed by atoms with E-state index in [0.717, 1.165) is 36.3 Å². The van der Waals surface area contributed by atoms with Gasteiger partial charge in [0.25, 0.3) is 0 Å². The molecule has 2 aromatic carbocycles. The van der Waals surface area contributed by atoms with Crippen LogP contribution in [-0.2, 0) is 16.1 Å². The summed E-state index contributed by atoms with van der Waals surface area (Å²) in [6, 6.07) is 17.7. The molecule has 2 aromatic rings. The Morgan fingerprint density at radius 2 is 1.96 bits per heavy atom. The van der Waals surface area contributed by atoms with Gasteiger partial charge in [-0.3, -0.25) is 4.79 Å². The first-order valence-electron chi connectivity index (χ1n) is 8.64. The van der Waals surface area contributed by atoms with Crippen LogP contribution in [0.15, 0.2) is 60.7 Å². The lowest BCUT2D eigenvalue weighted by Crippen LogP contribution is -2.30. The molecule has 1 heterocycles. The summed E-state index contributed by atoms with van der Waals surface area (Å²) in [6.07, 6.45) is 5.61. The van der Waals surface area contributed by atoms with E-state index in [4.69, 9.17) is 9.47 Å². The minimum atomic E-state index is -0.0973. The highest BCUT2D eigenvalue weighted by atomic mass is 16.5. The van der Waals surface area contributed by atoms with Gasteiger partial charge in [-0.1, -0.05) is 42.5 Å². The van der Waals surface area contributed by atoms with Gasteiger partial charge in [0.1, 0.15) is 12.4 Å². The quantitative estimate of drug-likeness (QED) is 0.786. The van der Waals surface area contributed by atoms with E-state index in [-0.39, 0.29) is 12.0 Å². The molecule has 4 nitrogen and oxygen atoms in total. The second-order valence-electron chi connectivity index (χ2n) is 6.06. The maximum absolute atomic E-state index is 11.8. The molecule has 1 unspecified atom stereocenters. The van der Waals surface area contributed by atoms with Gasteiger partial charge in [0, 0.05) is 19.2 Å². The fourth-order valence-electron chi connectivity index (χ4n) is 2.67. The van der Waals surface area contributed by atoms with Gasteiger partial charge in [-0.2, -0.15) is 0 Å². The predicted molar refractivity (Wildman–Crippen MR) is 98.2 cm³/mol. The average molecular weight is 337 g/mol.